The lowest BCUT2D eigenvalue weighted by Crippen LogP contribution is -2.16. The van der Waals surface area contributed by atoms with Crippen molar-refractivity contribution in [2.24, 2.45) is 0 Å². The van der Waals surface area contributed by atoms with E-state index in [0.717, 1.165) is 6.26 Å². The van der Waals surface area contributed by atoms with Gasteiger partial charge in [-0.15, -0.1) is 0 Å². The summed E-state index contributed by atoms with van der Waals surface area (Å²) in [6.07, 6.45) is 0.798. The summed E-state index contributed by atoms with van der Waals surface area (Å²) < 4.78 is 34.7. The fourth-order valence-corrected chi connectivity index (χ4v) is 1.88. The van der Waals surface area contributed by atoms with Crippen LogP contribution < -0.4 is 0 Å². The molecule has 0 bridgehead atoms. The van der Waals surface area contributed by atoms with Gasteiger partial charge >= 0.3 is 0 Å². The van der Waals surface area contributed by atoms with Crippen molar-refractivity contribution in [2.45, 2.75) is 6.42 Å². The fourth-order valence-electron chi connectivity index (χ4n) is 1.20. The van der Waals surface area contributed by atoms with Crippen LogP contribution in [0.15, 0.2) is 24.3 Å². The van der Waals surface area contributed by atoms with Crippen molar-refractivity contribution in [3.05, 3.63) is 35.6 Å². The summed E-state index contributed by atoms with van der Waals surface area (Å²) in [6, 6.07) is 5.82. The second kappa shape index (κ2) is 4.53. The van der Waals surface area contributed by atoms with E-state index in [-0.39, 0.29) is 12.0 Å². The highest BCUT2D eigenvalue weighted by Crippen LogP contribution is 2.07. The highest BCUT2D eigenvalue weighted by Gasteiger charge is 2.13. The number of hydrogen-bond acceptors (Lipinski definition) is 3. The average molecular weight is 230 g/mol. The lowest BCUT2D eigenvalue weighted by Gasteiger charge is -2.01. The van der Waals surface area contributed by atoms with Gasteiger partial charge in [0, 0.05) is 12.7 Å². The van der Waals surface area contributed by atoms with Gasteiger partial charge in [-0.05, 0) is 11.6 Å². The smallest absolute Gasteiger partial charge is 0.154 e. The first-order valence-corrected chi connectivity index (χ1v) is 6.37. The molecule has 1 aromatic carbocycles. The van der Waals surface area contributed by atoms with Crippen LogP contribution in [0.5, 0.6) is 0 Å². The van der Waals surface area contributed by atoms with Crippen molar-refractivity contribution in [2.75, 3.05) is 12.0 Å². The molecule has 0 spiro atoms. The van der Waals surface area contributed by atoms with Crippen LogP contribution in [0.3, 0.4) is 0 Å². The van der Waals surface area contributed by atoms with Gasteiger partial charge in [0.25, 0.3) is 0 Å². The minimum atomic E-state index is -3.33. The monoisotopic (exact) mass is 230 g/mol. The molecule has 15 heavy (non-hydrogen) atoms. The maximum Gasteiger partial charge on any atom is 0.154 e. The minimum Gasteiger partial charge on any atom is -0.298 e. The Hall–Kier alpha value is -1.23. The first-order chi connectivity index (χ1) is 6.88. The summed E-state index contributed by atoms with van der Waals surface area (Å²) in [5.41, 5.74) is 0.228. The molecule has 0 saturated heterocycles. The summed E-state index contributed by atoms with van der Waals surface area (Å²) in [5, 5.41) is 0. The van der Waals surface area contributed by atoms with Crippen molar-refractivity contribution >= 4 is 15.6 Å². The van der Waals surface area contributed by atoms with Gasteiger partial charge in [0.05, 0.1) is 0 Å². The van der Waals surface area contributed by atoms with Crippen molar-refractivity contribution in [3.8, 4) is 0 Å². The van der Waals surface area contributed by atoms with E-state index in [1.807, 2.05) is 0 Å². The lowest BCUT2D eigenvalue weighted by atomic mass is 10.1. The molecule has 0 unspecified atom stereocenters. The number of carbonyl (C=O) groups is 1. The van der Waals surface area contributed by atoms with E-state index in [4.69, 9.17) is 0 Å². The van der Waals surface area contributed by atoms with Gasteiger partial charge in [-0.2, -0.15) is 0 Å². The van der Waals surface area contributed by atoms with Crippen LogP contribution >= 0.6 is 0 Å². The Morgan fingerprint density at radius 1 is 1.33 bits per heavy atom. The topological polar surface area (TPSA) is 51.2 Å². The lowest BCUT2D eigenvalue weighted by molar-refractivity contribution is -0.116. The zero-order valence-corrected chi connectivity index (χ0v) is 9.05. The average Bonchev–Trinajstić information content (AvgIpc) is 2.05. The molecule has 0 saturated carbocycles. The van der Waals surface area contributed by atoms with E-state index in [9.17, 15) is 17.6 Å². The number of sulfone groups is 1. The predicted molar refractivity (Wildman–Crippen MR) is 54.8 cm³/mol. The Kier molecular flexibility index (Phi) is 3.57. The Bertz CT molecular complexity index is 465. The highest BCUT2D eigenvalue weighted by atomic mass is 32.2. The zero-order valence-electron chi connectivity index (χ0n) is 8.23. The molecule has 0 amide bonds. The SMILES string of the molecule is CS(=O)(=O)CC(=O)Cc1ccccc1F. The molecule has 0 aromatic heterocycles. The largest absolute Gasteiger partial charge is 0.298 e. The molecular weight excluding hydrogens is 219 g/mol. The van der Waals surface area contributed by atoms with Gasteiger partial charge in [-0.3, -0.25) is 4.79 Å². The normalized spacial score (nSPS) is 11.3. The molecule has 1 aromatic rings. The molecule has 1 rings (SSSR count). The molecule has 0 atom stereocenters. The quantitative estimate of drug-likeness (QED) is 0.774. The minimum absolute atomic E-state index is 0.181. The van der Waals surface area contributed by atoms with E-state index < -0.39 is 27.2 Å². The first kappa shape index (κ1) is 11.8. The van der Waals surface area contributed by atoms with Crippen molar-refractivity contribution in [1.29, 1.82) is 0 Å². The van der Waals surface area contributed by atoms with Crippen LogP contribution in [-0.4, -0.2) is 26.2 Å². The molecule has 0 heterocycles. The van der Waals surface area contributed by atoms with Crippen molar-refractivity contribution in [1.82, 2.24) is 0 Å². The second-order valence-electron chi connectivity index (χ2n) is 3.38. The number of Topliss-reactive ketones (excluding diaryl/α,β-unsaturated/α-hetero) is 1. The van der Waals surface area contributed by atoms with Crippen LogP contribution in [0.4, 0.5) is 4.39 Å². The highest BCUT2D eigenvalue weighted by molar-refractivity contribution is 7.91. The summed E-state index contributed by atoms with van der Waals surface area (Å²) in [4.78, 5) is 11.2. The van der Waals surface area contributed by atoms with E-state index in [1.54, 1.807) is 6.07 Å². The number of hydrogen-bond donors (Lipinski definition) is 0. The van der Waals surface area contributed by atoms with Gasteiger partial charge in [0.15, 0.2) is 15.6 Å². The van der Waals surface area contributed by atoms with Crippen LogP contribution in [0.25, 0.3) is 0 Å². The third kappa shape index (κ3) is 4.20. The summed E-state index contributed by atoms with van der Waals surface area (Å²) in [6.45, 7) is 0. The Morgan fingerprint density at radius 2 is 1.93 bits per heavy atom. The molecule has 0 aliphatic rings. The van der Waals surface area contributed by atoms with Crippen molar-refractivity contribution in [3.63, 3.8) is 0 Å². The number of benzene rings is 1. The molecule has 0 aliphatic heterocycles. The van der Waals surface area contributed by atoms with E-state index in [1.165, 1.54) is 18.2 Å². The predicted octanol–water partition coefficient (Wildman–Crippen LogP) is 0.982. The van der Waals surface area contributed by atoms with Gasteiger partial charge in [-0.1, -0.05) is 18.2 Å². The summed E-state index contributed by atoms with van der Waals surface area (Å²) in [7, 11) is -3.33. The summed E-state index contributed by atoms with van der Waals surface area (Å²) >= 11 is 0. The van der Waals surface area contributed by atoms with Gasteiger partial charge < -0.3 is 0 Å². The fraction of sp³-hybridized carbons (Fsp3) is 0.300. The molecule has 0 N–H and O–H groups in total. The second-order valence-corrected chi connectivity index (χ2v) is 5.52. The standard InChI is InChI=1S/C10H11FO3S/c1-15(13,14)7-9(12)6-8-4-2-3-5-10(8)11/h2-5H,6-7H2,1H3. The van der Waals surface area contributed by atoms with Crippen molar-refractivity contribution < 1.29 is 17.6 Å². The number of rotatable bonds is 4. The summed E-state index contributed by atoms with van der Waals surface area (Å²) in [5.74, 6) is -1.52. The first-order valence-electron chi connectivity index (χ1n) is 4.31. The van der Waals surface area contributed by atoms with E-state index in [0.29, 0.717) is 0 Å². The molecular formula is C10H11FO3S. The van der Waals surface area contributed by atoms with Crippen LogP contribution in [0.2, 0.25) is 0 Å². The maximum atomic E-state index is 13.1. The molecule has 3 nitrogen and oxygen atoms in total. The van der Waals surface area contributed by atoms with Crippen LogP contribution in [0.1, 0.15) is 5.56 Å². The van der Waals surface area contributed by atoms with E-state index in [2.05, 4.69) is 0 Å². The molecule has 82 valence electrons. The Balaban J connectivity index is 2.72. The van der Waals surface area contributed by atoms with Crippen LogP contribution in [0, 0.1) is 5.82 Å². The number of halogens is 1. The molecule has 0 fully saturated rings. The Labute approximate surface area is 87.8 Å². The number of carbonyl (C=O) groups excluding carboxylic acids is 1. The van der Waals surface area contributed by atoms with Gasteiger partial charge in [0.1, 0.15) is 11.6 Å². The maximum absolute atomic E-state index is 13.1. The molecule has 0 radical (unpaired) electrons. The third-order valence-corrected chi connectivity index (χ3v) is 2.61. The third-order valence-electron chi connectivity index (χ3n) is 1.77. The van der Waals surface area contributed by atoms with Gasteiger partial charge in [0.2, 0.25) is 0 Å². The molecule has 0 aliphatic carbocycles. The Morgan fingerprint density at radius 3 is 2.47 bits per heavy atom. The van der Waals surface area contributed by atoms with E-state index >= 15 is 0 Å². The zero-order chi connectivity index (χ0) is 11.5. The number of ketones is 1. The van der Waals surface area contributed by atoms with Gasteiger partial charge in [-0.25, -0.2) is 12.8 Å². The van der Waals surface area contributed by atoms with Crippen LogP contribution in [-0.2, 0) is 21.1 Å². The molecule has 5 heteroatoms.